The first-order valence-corrected chi connectivity index (χ1v) is 9.60. The lowest BCUT2D eigenvalue weighted by Gasteiger charge is -2.09. The van der Waals surface area contributed by atoms with Crippen molar-refractivity contribution in [2.24, 2.45) is 0 Å². The maximum absolute atomic E-state index is 12.9. The van der Waals surface area contributed by atoms with E-state index in [-0.39, 0.29) is 18.0 Å². The van der Waals surface area contributed by atoms with E-state index >= 15 is 0 Å². The zero-order valence-corrected chi connectivity index (χ0v) is 16.4. The summed E-state index contributed by atoms with van der Waals surface area (Å²) < 4.78 is 12.5. The Labute approximate surface area is 173 Å². The van der Waals surface area contributed by atoms with Gasteiger partial charge in [-0.15, -0.1) is 0 Å². The number of carbonyl (C=O) groups excluding carboxylic acids is 2. The van der Waals surface area contributed by atoms with Crippen molar-refractivity contribution in [1.82, 2.24) is 15.2 Å². The van der Waals surface area contributed by atoms with Crippen molar-refractivity contribution in [3.63, 3.8) is 0 Å². The average molecular weight is 403 g/mol. The zero-order chi connectivity index (χ0) is 20.9. The lowest BCUT2D eigenvalue weighted by atomic mass is 10.1. The Hall–Kier alpha value is -4.00. The third kappa shape index (κ3) is 4.05. The number of hydrogen-bond donors (Lipinski definition) is 2. The van der Waals surface area contributed by atoms with Gasteiger partial charge >= 0.3 is 0 Å². The number of para-hydroxylation sites is 1. The van der Waals surface area contributed by atoms with Gasteiger partial charge in [0.05, 0.1) is 19.1 Å². The van der Waals surface area contributed by atoms with Crippen LogP contribution < -0.4 is 10.6 Å². The van der Waals surface area contributed by atoms with E-state index < -0.39 is 11.8 Å². The van der Waals surface area contributed by atoms with E-state index in [1.165, 1.54) is 18.6 Å². The third-order valence-corrected chi connectivity index (χ3v) is 4.70. The van der Waals surface area contributed by atoms with Crippen molar-refractivity contribution in [1.29, 1.82) is 0 Å². The van der Waals surface area contributed by atoms with Crippen LogP contribution in [0.15, 0.2) is 81.8 Å². The van der Waals surface area contributed by atoms with Crippen LogP contribution in [-0.4, -0.2) is 16.4 Å². The van der Waals surface area contributed by atoms with Crippen LogP contribution in [0.3, 0.4) is 0 Å². The Kier molecular flexibility index (Phi) is 5.52. The molecule has 7 heteroatoms. The second-order valence-electron chi connectivity index (χ2n) is 6.64. The lowest BCUT2D eigenvalue weighted by Crippen LogP contribution is -2.34. The normalized spacial score (nSPS) is 11.6. The van der Waals surface area contributed by atoms with Gasteiger partial charge in [-0.05, 0) is 43.3 Å². The molecule has 0 spiro atoms. The SMILES string of the molecule is CCn1cc(/C=C(\NC(=O)c2ccco2)C(=O)NCc2ccco2)c2ccccc21. The fraction of sp³-hybridized carbons (Fsp3) is 0.130. The molecule has 2 N–H and O–H groups in total. The molecule has 0 aliphatic carbocycles. The summed E-state index contributed by atoms with van der Waals surface area (Å²) >= 11 is 0. The fourth-order valence-corrected chi connectivity index (χ4v) is 3.23. The van der Waals surface area contributed by atoms with Gasteiger partial charge < -0.3 is 24.0 Å². The first-order chi connectivity index (χ1) is 14.7. The van der Waals surface area contributed by atoms with Crippen molar-refractivity contribution in [2.45, 2.75) is 20.0 Å². The number of nitrogens with zero attached hydrogens (tertiary/aromatic N) is 1. The summed E-state index contributed by atoms with van der Waals surface area (Å²) in [5.41, 5.74) is 2.00. The van der Waals surface area contributed by atoms with E-state index in [0.29, 0.717) is 5.76 Å². The number of hydrogen-bond acceptors (Lipinski definition) is 4. The predicted molar refractivity (Wildman–Crippen MR) is 112 cm³/mol. The van der Waals surface area contributed by atoms with E-state index in [4.69, 9.17) is 8.83 Å². The van der Waals surface area contributed by atoms with Crippen LogP contribution in [0.4, 0.5) is 0 Å². The Morgan fingerprint density at radius 3 is 2.57 bits per heavy atom. The summed E-state index contributed by atoms with van der Waals surface area (Å²) in [5, 5.41) is 6.43. The van der Waals surface area contributed by atoms with Gasteiger partial charge in [-0.2, -0.15) is 0 Å². The van der Waals surface area contributed by atoms with E-state index in [2.05, 4.69) is 22.1 Å². The third-order valence-electron chi connectivity index (χ3n) is 4.70. The average Bonchev–Trinajstić information content (AvgIpc) is 3.53. The van der Waals surface area contributed by atoms with E-state index in [9.17, 15) is 9.59 Å². The minimum atomic E-state index is -0.501. The maximum atomic E-state index is 12.9. The first kappa shape index (κ1) is 19.3. The molecule has 0 radical (unpaired) electrons. The van der Waals surface area contributed by atoms with Crippen LogP contribution in [0.5, 0.6) is 0 Å². The molecular formula is C23H21N3O4. The molecule has 3 aromatic heterocycles. The molecule has 0 fully saturated rings. The summed E-state index contributed by atoms with van der Waals surface area (Å²) in [6.45, 7) is 3.04. The molecule has 0 atom stereocenters. The molecule has 2 amide bonds. The Balaban J connectivity index is 1.67. The molecule has 4 rings (SSSR count). The zero-order valence-electron chi connectivity index (χ0n) is 16.4. The van der Waals surface area contributed by atoms with Crippen molar-refractivity contribution in [3.8, 4) is 0 Å². The van der Waals surface area contributed by atoms with E-state index in [1.54, 1.807) is 24.3 Å². The van der Waals surface area contributed by atoms with Gasteiger partial charge in [-0.25, -0.2) is 0 Å². The van der Waals surface area contributed by atoms with Gasteiger partial charge in [0.25, 0.3) is 11.8 Å². The fourth-order valence-electron chi connectivity index (χ4n) is 3.23. The van der Waals surface area contributed by atoms with Gasteiger partial charge in [0, 0.05) is 29.2 Å². The second-order valence-corrected chi connectivity index (χ2v) is 6.64. The van der Waals surface area contributed by atoms with Crippen molar-refractivity contribution >= 4 is 28.8 Å². The molecule has 1 aromatic carbocycles. The molecule has 7 nitrogen and oxygen atoms in total. The van der Waals surface area contributed by atoms with Crippen molar-refractivity contribution < 1.29 is 18.4 Å². The van der Waals surface area contributed by atoms with Crippen molar-refractivity contribution in [3.05, 3.63) is 90.0 Å². The summed E-state index contributed by atoms with van der Waals surface area (Å²) in [5.74, 6) is -0.198. The van der Waals surface area contributed by atoms with Crippen LogP contribution in [-0.2, 0) is 17.9 Å². The number of furan rings is 2. The highest BCUT2D eigenvalue weighted by molar-refractivity contribution is 6.05. The monoisotopic (exact) mass is 403 g/mol. The summed E-state index contributed by atoms with van der Waals surface area (Å²) in [6.07, 6.45) is 6.58. The molecule has 3 heterocycles. The predicted octanol–water partition coefficient (Wildman–Crippen LogP) is 3.93. The van der Waals surface area contributed by atoms with Gasteiger partial charge in [-0.3, -0.25) is 9.59 Å². The summed E-state index contributed by atoms with van der Waals surface area (Å²) in [7, 11) is 0. The molecule has 30 heavy (non-hydrogen) atoms. The molecule has 0 bridgehead atoms. The molecule has 4 aromatic rings. The topological polar surface area (TPSA) is 89.4 Å². The second kappa shape index (κ2) is 8.57. The number of aromatic nitrogens is 1. The Morgan fingerprint density at radius 1 is 1.03 bits per heavy atom. The number of aryl methyl sites for hydroxylation is 1. The molecule has 152 valence electrons. The summed E-state index contributed by atoms with van der Waals surface area (Å²) in [4.78, 5) is 25.4. The minimum Gasteiger partial charge on any atom is -0.467 e. The largest absolute Gasteiger partial charge is 0.467 e. The highest BCUT2D eigenvalue weighted by atomic mass is 16.3. The number of fused-ring (bicyclic) bond motifs is 1. The number of carbonyl (C=O) groups is 2. The Morgan fingerprint density at radius 2 is 1.83 bits per heavy atom. The van der Waals surface area contributed by atoms with Crippen LogP contribution in [0.2, 0.25) is 0 Å². The number of amides is 2. The van der Waals surface area contributed by atoms with E-state index in [0.717, 1.165) is 23.0 Å². The number of benzene rings is 1. The first-order valence-electron chi connectivity index (χ1n) is 9.60. The minimum absolute atomic E-state index is 0.113. The van der Waals surface area contributed by atoms with Gasteiger partial charge in [0.15, 0.2) is 5.76 Å². The van der Waals surface area contributed by atoms with Gasteiger partial charge in [-0.1, -0.05) is 18.2 Å². The van der Waals surface area contributed by atoms with Crippen LogP contribution >= 0.6 is 0 Å². The lowest BCUT2D eigenvalue weighted by molar-refractivity contribution is -0.118. The molecule has 0 aliphatic heterocycles. The van der Waals surface area contributed by atoms with Gasteiger partial charge in [0.2, 0.25) is 0 Å². The van der Waals surface area contributed by atoms with Gasteiger partial charge in [0.1, 0.15) is 11.5 Å². The van der Waals surface area contributed by atoms with Crippen LogP contribution in [0.25, 0.3) is 17.0 Å². The number of nitrogens with one attached hydrogen (secondary N) is 2. The summed E-state index contributed by atoms with van der Waals surface area (Å²) in [6, 6.07) is 14.6. The Bertz CT molecular complexity index is 1180. The van der Waals surface area contributed by atoms with Crippen LogP contribution in [0, 0.1) is 0 Å². The quantitative estimate of drug-likeness (QED) is 0.458. The highest BCUT2D eigenvalue weighted by Gasteiger charge is 2.18. The maximum Gasteiger partial charge on any atom is 0.291 e. The standard InChI is InChI=1S/C23H21N3O4/c1-2-26-15-16(18-8-3-4-9-20(18)26)13-19(25-23(28)21-10-6-12-30-21)22(27)24-14-17-7-5-11-29-17/h3-13,15H,2,14H2,1H3,(H,24,27)(H,25,28)/b19-13-. The smallest absolute Gasteiger partial charge is 0.291 e. The van der Waals surface area contributed by atoms with E-state index in [1.807, 2.05) is 30.5 Å². The molecule has 0 saturated carbocycles. The molecule has 0 aliphatic rings. The molecular weight excluding hydrogens is 382 g/mol. The molecule has 0 saturated heterocycles. The molecule has 0 unspecified atom stereocenters. The van der Waals surface area contributed by atoms with Crippen LogP contribution in [0.1, 0.15) is 28.8 Å². The van der Waals surface area contributed by atoms with Crippen molar-refractivity contribution in [2.75, 3.05) is 0 Å². The highest BCUT2D eigenvalue weighted by Crippen LogP contribution is 2.23. The number of rotatable bonds is 7.